The van der Waals surface area contributed by atoms with Gasteiger partial charge in [-0.3, -0.25) is 0 Å². The van der Waals surface area contributed by atoms with E-state index in [1.165, 1.54) is 6.07 Å². The highest BCUT2D eigenvalue weighted by molar-refractivity contribution is 5.44. The van der Waals surface area contributed by atoms with Crippen LogP contribution in [-0.4, -0.2) is 31.5 Å². The van der Waals surface area contributed by atoms with E-state index in [-0.39, 0.29) is 11.9 Å². The summed E-state index contributed by atoms with van der Waals surface area (Å²) in [6.07, 6.45) is 2.32. The number of rotatable bonds is 4. The van der Waals surface area contributed by atoms with E-state index < -0.39 is 0 Å². The average molecular weight is 224 g/mol. The highest BCUT2D eigenvalue weighted by Gasteiger charge is 2.17. The van der Waals surface area contributed by atoms with Crippen LogP contribution in [-0.2, 0) is 4.74 Å². The highest BCUT2D eigenvalue weighted by Crippen LogP contribution is 2.31. The molecule has 0 radical (unpaired) electrons. The van der Waals surface area contributed by atoms with Crippen molar-refractivity contribution in [3.05, 3.63) is 18.2 Å². The number of benzene rings is 1. The Bertz CT molecular complexity index is 345. The molecule has 88 valence electrons. The molecular weight excluding hydrogens is 208 g/mol. The number of methoxy groups -OCH3 is 1. The van der Waals surface area contributed by atoms with Gasteiger partial charge in [-0.25, -0.2) is 0 Å². The van der Waals surface area contributed by atoms with Crippen LogP contribution in [0.5, 0.6) is 17.2 Å². The first kappa shape index (κ1) is 11.1. The van der Waals surface area contributed by atoms with Crippen LogP contribution in [0.15, 0.2) is 18.2 Å². The van der Waals surface area contributed by atoms with Crippen LogP contribution in [0.4, 0.5) is 0 Å². The van der Waals surface area contributed by atoms with Gasteiger partial charge in [0, 0.05) is 12.7 Å². The van der Waals surface area contributed by atoms with Gasteiger partial charge in [0.05, 0.1) is 13.2 Å². The van der Waals surface area contributed by atoms with Gasteiger partial charge in [-0.2, -0.15) is 0 Å². The fraction of sp³-hybridized carbons (Fsp3) is 0.500. The van der Waals surface area contributed by atoms with Gasteiger partial charge >= 0.3 is 0 Å². The molecule has 4 heteroatoms. The monoisotopic (exact) mass is 224 g/mol. The summed E-state index contributed by atoms with van der Waals surface area (Å²) in [5, 5.41) is 9.29. The third-order valence-corrected chi connectivity index (χ3v) is 2.60. The lowest BCUT2D eigenvalue weighted by Gasteiger charge is -2.13. The number of phenols is 1. The summed E-state index contributed by atoms with van der Waals surface area (Å²) >= 11 is 0. The zero-order valence-corrected chi connectivity index (χ0v) is 9.31. The maximum Gasteiger partial charge on any atom is 0.164 e. The van der Waals surface area contributed by atoms with Crippen molar-refractivity contribution in [1.82, 2.24) is 0 Å². The summed E-state index contributed by atoms with van der Waals surface area (Å²) in [6.45, 7) is 1.35. The topological polar surface area (TPSA) is 47.9 Å². The predicted octanol–water partition coefficient (Wildman–Crippen LogP) is 1.96. The summed E-state index contributed by atoms with van der Waals surface area (Å²) in [6, 6.07) is 4.81. The molecule has 1 atom stereocenters. The average Bonchev–Trinajstić information content (AvgIpc) is 2.80. The normalized spacial score (nSPS) is 19.7. The summed E-state index contributed by atoms with van der Waals surface area (Å²) in [7, 11) is 1.55. The van der Waals surface area contributed by atoms with Crippen LogP contribution in [0.2, 0.25) is 0 Å². The minimum absolute atomic E-state index is 0.168. The second-order valence-corrected chi connectivity index (χ2v) is 3.78. The van der Waals surface area contributed by atoms with Crippen molar-refractivity contribution < 1.29 is 19.3 Å². The smallest absolute Gasteiger partial charge is 0.164 e. The van der Waals surface area contributed by atoms with E-state index in [0.717, 1.165) is 19.4 Å². The number of hydrogen-bond donors (Lipinski definition) is 1. The quantitative estimate of drug-likeness (QED) is 0.849. The molecule has 1 aromatic rings. The first-order valence-electron chi connectivity index (χ1n) is 5.41. The van der Waals surface area contributed by atoms with Gasteiger partial charge < -0.3 is 19.3 Å². The molecule has 1 aliphatic rings. The molecule has 0 aromatic heterocycles. The van der Waals surface area contributed by atoms with Gasteiger partial charge in [0.2, 0.25) is 0 Å². The number of phenolic OH excluding ortho intramolecular Hbond substituents is 1. The Kier molecular flexibility index (Phi) is 3.51. The Morgan fingerprint density at radius 1 is 1.44 bits per heavy atom. The van der Waals surface area contributed by atoms with E-state index in [2.05, 4.69) is 0 Å². The number of aromatic hydroxyl groups is 1. The SMILES string of the molecule is COc1cc(O)ccc1OCC1CCCO1. The summed E-state index contributed by atoms with van der Waals surface area (Å²) < 4.78 is 16.2. The Balaban J connectivity index is 1.97. The van der Waals surface area contributed by atoms with Crippen LogP contribution < -0.4 is 9.47 Å². The molecule has 0 saturated carbocycles. The van der Waals surface area contributed by atoms with Crippen molar-refractivity contribution in [3.63, 3.8) is 0 Å². The van der Waals surface area contributed by atoms with E-state index in [0.29, 0.717) is 18.1 Å². The van der Waals surface area contributed by atoms with Crippen molar-refractivity contribution in [2.75, 3.05) is 20.3 Å². The van der Waals surface area contributed by atoms with Gasteiger partial charge in [-0.15, -0.1) is 0 Å². The van der Waals surface area contributed by atoms with E-state index in [4.69, 9.17) is 14.2 Å². The zero-order chi connectivity index (χ0) is 11.4. The van der Waals surface area contributed by atoms with Crippen molar-refractivity contribution in [1.29, 1.82) is 0 Å². The summed E-state index contributed by atoms with van der Waals surface area (Å²) in [5.74, 6) is 1.34. The molecule has 16 heavy (non-hydrogen) atoms. The Hall–Kier alpha value is -1.42. The minimum Gasteiger partial charge on any atom is -0.508 e. The van der Waals surface area contributed by atoms with Crippen molar-refractivity contribution in [2.45, 2.75) is 18.9 Å². The van der Waals surface area contributed by atoms with Gasteiger partial charge in [0.15, 0.2) is 11.5 Å². The molecule has 0 spiro atoms. The van der Waals surface area contributed by atoms with Crippen LogP contribution in [0, 0.1) is 0 Å². The molecule has 1 heterocycles. The first-order chi connectivity index (χ1) is 7.79. The first-order valence-corrected chi connectivity index (χ1v) is 5.41. The van der Waals surface area contributed by atoms with Gasteiger partial charge in [0.1, 0.15) is 12.4 Å². The largest absolute Gasteiger partial charge is 0.508 e. The highest BCUT2D eigenvalue weighted by atomic mass is 16.5. The lowest BCUT2D eigenvalue weighted by molar-refractivity contribution is 0.0669. The molecule has 4 nitrogen and oxygen atoms in total. The van der Waals surface area contributed by atoms with Crippen LogP contribution >= 0.6 is 0 Å². The van der Waals surface area contributed by atoms with Crippen LogP contribution in [0.3, 0.4) is 0 Å². The fourth-order valence-corrected chi connectivity index (χ4v) is 1.73. The molecule has 0 amide bonds. The Labute approximate surface area is 94.8 Å². The zero-order valence-electron chi connectivity index (χ0n) is 9.31. The molecule has 0 aliphatic carbocycles. The number of hydrogen-bond acceptors (Lipinski definition) is 4. The second-order valence-electron chi connectivity index (χ2n) is 3.78. The predicted molar refractivity (Wildman–Crippen MR) is 59.1 cm³/mol. The molecule has 1 unspecified atom stereocenters. The van der Waals surface area contributed by atoms with Crippen molar-refractivity contribution >= 4 is 0 Å². The fourth-order valence-electron chi connectivity index (χ4n) is 1.73. The lowest BCUT2D eigenvalue weighted by atomic mass is 10.2. The maximum atomic E-state index is 9.29. The van der Waals surface area contributed by atoms with Crippen LogP contribution in [0.25, 0.3) is 0 Å². The minimum atomic E-state index is 0.168. The van der Waals surface area contributed by atoms with E-state index in [1.54, 1.807) is 19.2 Å². The lowest BCUT2D eigenvalue weighted by Crippen LogP contribution is -2.16. The third kappa shape index (κ3) is 2.58. The van der Waals surface area contributed by atoms with E-state index in [9.17, 15) is 5.11 Å². The van der Waals surface area contributed by atoms with Gasteiger partial charge in [0.25, 0.3) is 0 Å². The standard InChI is InChI=1S/C12H16O4/c1-14-12-7-9(13)4-5-11(12)16-8-10-3-2-6-15-10/h4-5,7,10,13H,2-3,6,8H2,1H3. The Morgan fingerprint density at radius 2 is 2.31 bits per heavy atom. The van der Waals surface area contributed by atoms with Gasteiger partial charge in [-0.1, -0.05) is 0 Å². The maximum absolute atomic E-state index is 9.29. The van der Waals surface area contributed by atoms with Crippen molar-refractivity contribution in [3.8, 4) is 17.2 Å². The molecule has 1 saturated heterocycles. The summed E-state index contributed by atoms with van der Waals surface area (Å²) in [4.78, 5) is 0. The number of ether oxygens (including phenoxy) is 3. The molecule has 2 rings (SSSR count). The third-order valence-electron chi connectivity index (χ3n) is 2.60. The Morgan fingerprint density at radius 3 is 3.00 bits per heavy atom. The van der Waals surface area contributed by atoms with Crippen molar-refractivity contribution in [2.24, 2.45) is 0 Å². The van der Waals surface area contributed by atoms with E-state index in [1.807, 2.05) is 0 Å². The van der Waals surface area contributed by atoms with E-state index >= 15 is 0 Å². The molecule has 0 bridgehead atoms. The molecule has 1 N–H and O–H groups in total. The van der Waals surface area contributed by atoms with Gasteiger partial charge in [-0.05, 0) is 25.0 Å². The van der Waals surface area contributed by atoms with Crippen LogP contribution in [0.1, 0.15) is 12.8 Å². The molecular formula is C12H16O4. The second kappa shape index (κ2) is 5.07. The summed E-state index contributed by atoms with van der Waals surface area (Å²) in [5.41, 5.74) is 0. The molecule has 1 aromatic carbocycles. The molecule has 1 fully saturated rings. The molecule has 1 aliphatic heterocycles.